The maximum atomic E-state index is 13.0. The van der Waals surface area contributed by atoms with E-state index in [1.165, 1.54) is 31.2 Å². The Balaban J connectivity index is 1.93. The molecule has 0 aliphatic carbocycles. The fourth-order valence-electron chi connectivity index (χ4n) is 2.63. The molecular weight excluding hydrogens is 425 g/mol. The lowest BCUT2D eigenvalue weighted by Gasteiger charge is -2.21. The fraction of sp³-hybridized carbons (Fsp3) is 0.318. The molecule has 2 unspecified atom stereocenters. The first-order chi connectivity index (χ1) is 14.7. The number of rotatable bonds is 8. The summed E-state index contributed by atoms with van der Waals surface area (Å²) in [5.74, 6) is -1.62. The standard InChI is InChI=1S/C22H25ClFN3O4/c1-13(2)12-19(25-21(29)15-4-6-16(23)7-5-15)22(30)27-26-20(28)14(3)31-18-10-8-17(24)9-11-18/h4-11,13-14,19H,12H2,1-3H3,(H,25,29)(H,26,28)(H,27,30). The molecule has 2 atom stereocenters. The van der Waals surface area contributed by atoms with Crippen molar-refractivity contribution in [3.05, 3.63) is 64.9 Å². The lowest BCUT2D eigenvalue weighted by atomic mass is 10.0. The summed E-state index contributed by atoms with van der Waals surface area (Å²) in [6.45, 7) is 5.30. The van der Waals surface area contributed by atoms with Gasteiger partial charge in [-0.15, -0.1) is 0 Å². The number of hydrogen-bond donors (Lipinski definition) is 3. The molecular formula is C22H25ClFN3O4. The van der Waals surface area contributed by atoms with Gasteiger partial charge in [-0.05, 0) is 67.8 Å². The van der Waals surface area contributed by atoms with Crippen molar-refractivity contribution in [2.45, 2.75) is 39.3 Å². The van der Waals surface area contributed by atoms with Gasteiger partial charge in [-0.3, -0.25) is 25.2 Å². The molecule has 0 bridgehead atoms. The van der Waals surface area contributed by atoms with E-state index < -0.39 is 35.7 Å². The SMILES string of the molecule is CC(C)CC(NC(=O)c1ccc(Cl)cc1)C(=O)NNC(=O)C(C)Oc1ccc(F)cc1. The predicted molar refractivity (Wildman–Crippen MR) is 115 cm³/mol. The zero-order chi connectivity index (χ0) is 23.0. The van der Waals surface area contributed by atoms with Crippen LogP contribution < -0.4 is 20.9 Å². The second kappa shape index (κ2) is 11.3. The van der Waals surface area contributed by atoms with Gasteiger partial charge in [-0.2, -0.15) is 0 Å². The summed E-state index contributed by atoms with van der Waals surface area (Å²) in [6, 6.07) is 10.6. The van der Waals surface area contributed by atoms with Crippen molar-refractivity contribution in [1.29, 1.82) is 0 Å². The Morgan fingerprint density at radius 2 is 1.52 bits per heavy atom. The van der Waals surface area contributed by atoms with Crippen LogP contribution >= 0.6 is 11.6 Å². The van der Waals surface area contributed by atoms with Crippen LogP contribution in [0.15, 0.2) is 48.5 Å². The molecule has 0 aliphatic heterocycles. The molecule has 3 N–H and O–H groups in total. The van der Waals surface area contributed by atoms with Crippen molar-refractivity contribution >= 4 is 29.3 Å². The Kier molecular flexibility index (Phi) is 8.81. The number of carbonyl (C=O) groups excluding carboxylic acids is 3. The summed E-state index contributed by atoms with van der Waals surface area (Å²) in [5, 5.41) is 3.16. The molecule has 0 spiro atoms. The summed E-state index contributed by atoms with van der Waals surface area (Å²) in [6.07, 6.45) is -0.583. The number of ether oxygens (including phenoxy) is 1. The molecule has 31 heavy (non-hydrogen) atoms. The minimum atomic E-state index is -0.946. The van der Waals surface area contributed by atoms with Crippen LogP contribution in [0.25, 0.3) is 0 Å². The van der Waals surface area contributed by atoms with Crippen molar-refractivity contribution in [2.24, 2.45) is 5.92 Å². The Labute approximate surface area is 185 Å². The van der Waals surface area contributed by atoms with Gasteiger partial charge in [0, 0.05) is 10.6 Å². The second-order valence-electron chi connectivity index (χ2n) is 7.35. The van der Waals surface area contributed by atoms with Crippen LogP contribution in [0.2, 0.25) is 5.02 Å². The van der Waals surface area contributed by atoms with Crippen LogP contribution in [0.5, 0.6) is 5.75 Å². The maximum Gasteiger partial charge on any atom is 0.279 e. The van der Waals surface area contributed by atoms with Crippen LogP contribution in [-0.4, -0.2) is 29.9 Å². The highest BCUT2D eigenvalue weighted by atomic mass is 35.5. The first-order valence-electron chi connectivity index (χ1n) is 9.74. The third-order valence-electron chi connectivity index (χ3n) is 4.24. The number of hydrazine groups is 1. The zero-order valence-electron chi connectivity index (χ0n) is 17.4. The van der Waals surface area contributed by atoms with E-state index in [0.29, 0.717) is 22.8 Å². The molecule has 0 heterocycles. The molecule has 3 amide bonds. The smallest absolute Gasteiger partial charge is 0.279 e. The first-order valence-corrected chi connectivity index (χ1v) is 10.1. The summed E-state index contributed by atoms with van der Waals surface area (Å²) >= 11 is 5.83. The highest BCUT2D eigenvalue weighted by Crippen LogP contribution is 2.13. The molecule has 7 nitrogen and oxygen atoms in total. The Bertz CT molecular complexity index is 904. The van der Waals surface area contributed by atoms with Crippen LogP contribution in [0.1, 0.15) is 37.6 Å². The maximum absolute atomic E-state index is 13.0. The third kappa shape index (κ3) is 7.90. The van der Waals surface area contributed by atoms with Gasteiger partial charge in [0.25, 0.3) is 17.7 Å². The Morgan fingerprint density at radius 3 is 2.10 bits per heavy atom. The van der Waals surface area contributed by atoms with Gasteiger partial charge in [0.05, 0.1) is 0 Å². The van der Waals surface area contributed by atoms with E-state index in [4.69, 9.17) is 16.3 Å². The molecule has 0 radical (unpaired) electrons. The second-order valence-corrected chi connectivity index (χ2v) is 7.79. The monoisotopic (exact) mass is 449 g/mol. The number of halogens is 2. The van der Waals surface area contributed by atoms with Gasteiger partial charge in [-0.25, -0.2) is 4.39 Å². The van der Waals surface area contributed by atoms with Gasteiger partial charge in [-0.1, -0.05) is 25.4 Å². The van der Waals surface area contributed by atoms with Crippen molar-refractivity contribution in [3.63, 3.8) is 0 Å². The molecule has 2 rings (SSSR count). The summed E-state index contributed by atoms with van der Waals surface area (Å²) < 4.78 is 18.4. The Hall–Kier alpha value is -3.13. The molecule has 9 heteroatoms. The minimum absolute atomic E-state index is 0.109. The predicted octanol–water partition coefficient (Wildman–Crippen LogP) is 3.24. The molecule has 0 aliphatic rings. The Morgan fingerprint density at radius 1 is 0.935 bits per heavy atom. The van der Waals surface area contributed by atoms with Gasteiger partial charge < -0.3 is 10.1 Å². The largest absolute Gasteiger partial charge is 0.481 e. The lowest BCUT2D eigenvalue weighted by molar-refractivity contribution is -0.133. The van der Waals surface area contributed by atoms with E-state index in [0.717, 1.165) is 0 Å². The lowest BCUT2D eigenvalue weighted by Crippen LogP contribution is -2.54. The molecule has 0 saturated heterocycles. The van der Waals surface area contributed by atoms with Crippen molar-refractivity contribution in [1.82, 2.24) is 16.2 Å². The summed E-state index contributed by atoms with van der Waals surface area (Å²) in [5.41, 5.74) is 4.95. The molecule has 166 valence electrons. The number of amides is 3. The molecule has 0 saturated carbocycles. The van der Waals surface area contributed by atoms with Gasteiger partial charge in [0.15, 0.2) is 6.10 Å². The molecule has 0 aromatic heterocycles. The quantitative estimate of drug-likeness (QED) is 0.539. The summed E-state index contributed by atoms with van der Waals surface area (Å²) in [7, 11) is 0. The zero-order valence-corrected chi connectivity index (χ0v) is 18.2. The summed E-state index contributed by atoms with van der Waals surface area (Å²) in [4.78, 5) is 37.3. The number of benzene rings is 2. The highest BCUT2D eigenvalue weighted by Gasteiger charge is 2.24. The topological polar surface area (TPSA) is 96.5 Å². The fourth-order valence-corrected chi connectivity index (χ4v) is 2.75. The van der Waals surface area contributed by atoms with Crippen molar-refractivity contribution in [2.75, 3.05) is 0 Å². The van der Waals surface area contributed by atoms with Gasteiger partial charge >= 0.3 is 0 Å². The molecule has 2 aromatic rings. The van der Waals surface area contributed by atoms with Gasteiger partial charge in [0.2, 0.25) is 0 Å². The normalized spacial score (nSPS) is 12.6. The van der Waals surface area contributed by atoms with Crippen molar-refractivity contribution < 1.29 is 23.5 Å². The molecule has 0 fully saturated rings. The van der Waals surface area contributed by atoms with E-state index in [1.807, 2.05) is 13.8 Å². The minimum Gasteiger partial charge on any atom is -0.481 e. The number of hydrogen-bond acceptors (Lipinski definition) is 4. The van der Waals surface area contributed by atoms with Crippen LogP contribution in [0.4, 0.5) is 4.39 Å². The highest BCUT2D eigenvalue weighted by molar-refractivity contribution is 6.30. The van der Waals surface area contributed by atoms with E-state index in [2.05, 4.69) is 16.2 Å². The van der Waals surface area contributed by atoms with Crippen LogP contribution in [-0.2, 0) is 9.59 Å². The number of carbonyl (C=O) groups is 3. The third-order valence-corrected chi connectivity index (χ3v) is 4.49. The number of nitrogens with one attached hydrogen (secondary N) is 3. The van der Waals surface area contributed by atoms with E-state index in [1.54, 1.807) is 24.3 Å². The average molecular weight is 450 g/mol. The van der Waals surface area contributed by atoms with E-state index in [9.17, 15) is 18.8 Å². The van der Waals surface area contributed by atoms with Crippen LogP contribution in [0, 0.1) is 11.7 Å². The average Bonchev–Trinajstić information content (AvgIpc) is 2.72. The first kappa shape index (κ1) is 24.1. The van der Waals surface area contributed by atoms with Crippen LogP contribution in [0.3, 0.4) is 0 Å². The van der Waals surface area contributed by atoms with Crippen molar-refractivity contribution in [3.8, 4) is 5.75 Å². The van der Waals surface area contributed by atoms with Gasteiger partial charge in [0.1, 0.15) is 17.6 Å². The molecule has 2 aromatic carbocycles. The van der Waals surface area contributed by atoms with E-state index >= 15 is 0 Å². The van der Waals surface area contributed by atoms with E-state index in [-0.39, 0.29) is 5.92 Å².